The Bertz CT molecular complexity index is 632. The zero-order valence-electron chi connectivity index (χ0n) is 18.4. The van der Waals surface area contributed by atoms with Gasteiger partial charge in [-0.05, 0) is 44.4 Å². The maximum atomic E-state index is 5.02. The summed E-state index contributed by atoms with van der Waals surface area (Å²) in [5, 5.41) is 0. The lowest BCUT2D eigenvalue weighted by Gasteiger charge is -2.27. The van der Waals surface area contributed by atoms with Crippen molar-refractivity contribution in [3.8, 4) is 0 Å². The lowest BCUT2D eigenvalue weighted by Crippen LogP contribution is -2.13. The van der Waals surface area contributed by atoms with E-state index >= 15 is 0 Å². The van der Waals surface area contributed by atoms with E-state index in [-0.39, 0.29) is 0 Å². The Labute approximate surface area is 177 Å². The van der Waals surface area contributed by atoms with Crippen LogP contribution in [0.2, 0.25) is 0 Å². The van der Waals surface area contributed by atoms with Gasteiger partial charge in [-0.2, -0.15) is 0 Å². The maximum absolute atomic E-state index is 5.02. The van der Waals surface area contributed by atoms with Gasteiger partial charge in [-0.3, -0.25) is 4.40 Å². The fraction of sp³-hybridized carbons (Fsp3) is 0.800. The average molecular weight is 403 g/mol. The molecule has 0 aliphatic heterocycles. The second-order valence-electron chi connectivity index (χ2n) is 9.14. The van der Waals surface area contributed by atoms with E-state index in [1.807, 2.05) is 11.3 Å². The van der Waals surface area contributed by atoms with Crippen LogP contribution in [0.25, 0.3) is 4.96 Å². The van der Waals surface area contributed by atoms with E-state index in [1.165, 1.54) is 118 Å². The van der Waals surface area contributed by atoms with Crippen molar-refractivity contribution >= 4 is 16.3 Å². The highest BCUT2D eigenvalue weighted by Crippen LogP contribution is 2.38. The Kier molecular flexibility index (Phi) is 9.37. The number of thiazole rings is 1. The Hall–Kier alpha value is -0.830. The van der Waals surface area contributed by atoms with Gasteiger partial charge in [-0.15, -0.1) is 11.3 Å². The number of nitrogens with zero attached hydrogens (tertiary/aromatic N) is 2. The predicted molar refractivity (Wildman–Crippen MR) is 124 cm³/mol. The molecule has 0 amide bonds. The maximum Gasteiger partial charge on any atom is 0.194 e. The molecule has 0 atom stereocenters. The van der Waals surface area contributed by atoms with Gasteiger partial charge >= 0.3 is 0 Å². The number of aryl methyl sites for hydroxylation is 1. The summed E-state index contributed by atoms with van der Waals surface area (Å²) in [7, 11) is 0. The van der Waals surface area contributed by atoms with Crippen LogP contribution >= 0.6 is 11.3 Å². The Morgan fingerprint density at radius 2 is 1.54 bits per heavy atom. The fourth-order valence-corrected chi connectivity index (χ4v) is 5.87. The first-order chi connectivity index (χ1) is 13.8. The summed E-state index contributed by atoms with van der Waals surface area (Å²) < 4.78 is 2.31. The third-order valence-corrected chi connectivity index (χ3v) is 7.79. The summed E-state index contributed by atoms with van der Waals surface area (Å²) in [5.41, 5.74) is 1.36. The standard InChI is InChI=1S/C25H42N2S/c1-3-5-7-9-11-13-21-15-17-22(18-16-21)24-20-27-19-23(28-25(27)26-24)14-12-10-8-6-4-2/h19-22H,3-18H2,1-2H3/t21-,22-. The van der Waals surface area contributed by atoms with Crippen molar-refractivity contribution in [1.29, 1.82) is 0 Å². The Balaban J connectivity index is 1.39. The number of hydrogen-bond acceptors (Lipinski definition) is 2. The second-order valence-corrected chi connectivity index (χ2v) is 10.2. The molecule has 3 rings (SSSR count). The van der Waals surface area contributed by atoms with Crippen LogP contribution in [0, 0.1) is 5.92 Å². The van der Waals surface area contributed by atoms with E-state index in [9.17, 15) is 0 Å². The van der Waals surface area contributed by atoms with Gasteiger partial charge in [0.15, 0.2) is 4.96 Å². The topological polar surface area (TPSA) is 17.3 Å². The molecule has 0 radical (unpaired) electrons. The van der Waals surface area contributed by atoms with E-state index in [0.29, 0.717) is 5.92 Å². The van der Waals surface area contributed by atoms with Crippen molar-refractivity contribution in [2.24, 2.45) is 5.92 Å². The van der Waals surface area contributed by atoms with Crippen LogP contribution in [0.1, 0.15) is 127 Å². The summed E-state index contributed by atoms with van der Waals surface area (Å²) >= 11 is 1.92. The molecule has 0 unspecified atom stereocenters. The molecule has 0 saturated heterocycles. The van der Waals surface area contributed by atoms with Crippen LogP contribution in [0.3, 0.4) is 0 Å². The summed E-state index contributed by atoms with van der Waals surface area (Å²) in [5.74, 6) is 1.70. The minimum absolute atomic E-state index is 0.709. The molecule has 28 heavy (non-hydrogen) atoms. The average Bonchev–Trinajstić information content (AvgIpc) is 3.27. The Morgan fingerprint density at radius 3 is 2.21 bits per heavy atom. The van der Waals surface area contributed by atoms with Gasteiger partial charge in [-0.25, -0.2) is 4.98 Å². The summed E-state index contributed by atoms with van der Waals surface area (Å²) in [6.07, 6.45) is 26.9. The van der Waals surface area contributed by atoms with E-state index < -0.39 is 0 Å². The summed E-state index contributed by atoms with van der Waals surface area (Å²) in [4.78, 5) is 7.75. The molecule has 0 aromatic carbocycles. The highest BCUT2D eigenvalue weighted by molar-refractivity contribution is 7.17. The van der Waals surface area contributed by atoms with Crippen LogP contribution in [-0.4, -0.2) is 9.38 Å². The van der Waals surface area contributed by atoms with Crippen LogP contribution in [0.5, 0.6) is 0 Å². The van der Waals surface area contributed by atoms with Gasteiger partial charge in [0.1, 0.15) is 0 Å². The van der Waals surface area contributed by atoms with Gasteiger partial charge < -0.3 is 0 Å². The molecule has 2 nitrogen and oxygen atoms in total. The van der Waals surface area contributed by atoms with Gasteiger partial charge in [0, 0.05) is 23.2 Å². The molecule has 2 aromatic heterocycles. The van der Waals surface area contributed by atoms with Gasteiger partial charge in [0.25, 0.3) is 0 Å². The number of aromatic nitrogens is 2. The van der Waals surface area contributed by atoms with Crippen LogP contribution in [-0.2, 0) is 6.42 Å². The van der Waals surface area contributed by atoms with Crippen molar-refractivity contribution in [2.75, 3.05) is 0 Å². The molecule has 158 valence electrons. The number of unbranched alkanes of at least 4 members (excludes halogenated alkanes) is 8. The molecule has 1 fully saturated rings. The van der Waals surface area contributed by atoms with Crippen molar-refractivity contribution in [3.63, 3.8) is 0 Å². The molecular weight excluding hydrogens is 360 g/mol. The molecule has 0 bridgehead atoms. The lowest BCUT2D eigenvalue weighted by atomic mass is 9.78. The summed E-state index contributed by atoms with van der Waals surface area (Å²) in [6, 6.07) is 0. The molecule has 0 N–H and O–H groups in total. The SMILES string of the molecule is CCCCCCCc1cn2cc([C@H]3CC[C@H](CCCCCCC)CC3)nc2s1. The monoisotopic (exact) mass is 402 g/mol. The van der Waals surface area contributed by atoms with E-state index in [4.69, 9.17) is 4.98 Å². The normalized spacial score (nSPS) is 20.2. The molecule has 1 saturated carbocycles. The van der Waals surface area contributed by atoms with Crippen LogP contribution in [0.4, 0.5) is 0 Å². The number of rotatable bonds is 13. The largest absolute Gasteiger partial charge is 0.297 e. The number of fused-ring (bicyclic) bond motifs is 1. The van der Waals surface area contributed by atoms with E-state index in [1.54, 1.807) is 0 Å². The van der Waals surface area contributed by atoms with Crippen molar-refractivity contribution in [3.05, 3.63) is 23.0 Å². The molecule has 1 aliphatic rings. The lowest BCUT2D eigenvalue weighted by molar-refractivity contribution is 0.299. The predicted octanol–water partition coefficient (Wildman–Crippen LogP) is 8.54. The van der Waals surface area contributed by atoms with Crippen molar-refractivity contribution < 1.29 is 0 Å². The van der Waals surface area contributed by atoms with Gasteiger partial charge in [0.05, 0.1) is 5.69 Å². The first-order valence-corrected chi connectivity index (χ1v) is 13.1. The van der Waals surface area contributed by atoms with E-state index in [2.05, 4.69) is 30.6 Å². The third kappa shape index (κ3) is 6.61. The zero-order valence-corrected chi connectivity index (χ0v) is 19.2. The van der Waals surface area contributed by atoms with Crippen LogP contribution < -0.4 is 0 Å². The first kappa shape index (κ1) is 21.9. The quantitative estimate of drug-likeness (QED) is 0.307. The third-order valence-electron chi connectivity index (χ3n) is 6.73. The van der Waals surface area contributed by atoms with Gasteiger partial charge in [-0.1, -0.05) is 78.1 Å². The minimum atomic E-state index is 0.709. The van der Waals surface area contributed by atoms with E-state index in [0.717, 1.165) is 5.92 Å². The highest BCUT2D eigenvalue weighted by Gasteiger charge is 2.24. The molecule has 2 aromatic rings. The van der Waals surface area contributed by atoms with Crippen molar-refractivity contribution in [2.45, 2.75) is 122 Å². The van der Waals surface area contributed by atoms with Crippen molar-refractivity contribution in [1.82, 2.24) is 9.38 Å². The van der Waals surface area contributed by atoms with Crippen LogP contribution in [0.15, 0.2) is 12.4 Å². The van der Waals surface area contributed by atoms with Gasteiger partial charge in [0.2, 0.25) is 0 Å². The molecular formula is C25H42N2S. The molecule has 3 heteroatoms. The molecule has 2 heterocycles. The first-order valence-electron chi connectivity index (χ1n) is 12.3. The molecule has 1 aliphatic carbocycles. The minimum Gasteiger partial charge on any atom is -0.297 e. The second kappa shape index (κ2) is 12.0. The number of imidazole rings is 1. The fourth-order valence-electron chi connectivity index (χ4n) is 4.86. The smallest absolute Gasteiger partial charge is 0.194 e. The Morgan fingerprint density at radius 1 is 0.857 bits per heavy atom. The zero-order chi connectivity index (χ0) is 19.6. The number of hydrogen-bond donors (Lipinski definition) is 0. The summed E-state index contributed by atoms with van der Waals surface area (Å²) in [6.45, 7) is 4.59. The highest BCUT2D eigenvalue weighted by atomic mass is 32.1. The molecule has 0 spiro atoms.